The van der Waals surface area contributed by atoms with Gasteiger partial charge in [-0.1, -0.05) is 46.6 Å². The van der Waals surface area contributed by atoms with Crippen molar-refractivity contribution in [2.24, 2.45) is 0 Å². The number of anilines is 1. The van der Waals surface area contributed by atoms with Gasteiger partial charge in [-0.2, -0.15) is 18.3 Å². The Balaban J connectivity index is 2.01. The van der Waals surface area contributed by atoms with Crippen molar-refractivity contribution in [1.82, 2.24) is 15.1 Å². The topological polar surface area (TPSA) is 59.0 Å². The number of hydrogen-bond donors (Lipinski definition) is 2. The quantitative estimate of drug-likeness (QED) is 0.660. The predicted molar refractivity (Wildman–Crippen MR) is 100 cm³/mol. The van der Waals surface area contributed by atoms with Gasteiger partial charge in [0.2, 0.25) is 0 Å². The first kappa shape index (κ1) is 20.0. The van der Waals surface area contributed by atoms with Gasteiger partial charge in [-0.15, -0.1) is 0 Å². The summed E-state index contributed by atoms with van der Waals surface area (Å²) in [6, 6.07) is 4.51. The molecular weight excluding hydrogens is 449 g/mol. The zero-order valence-electron chi connectivity index (χ0n) is 14.3. The molecule has 27 heavy (non-hydrogen) atoms. The molecule has 0 bridgehead atoms. The van der Waals surface area contributed by atoms with E-state index in [9.17, 15) is 18.0 Å². The van der Waals surface area contributed by atoms with E-state index in [0.717, 1.165) is 9.15 Å². The van der Waals surface area contributed by atoms with Crippen molar-refractivity contribution in [2.75, 3.05) is 11.9 Å². The number of halogens is 5. The van der Waals surface area contributed by atoms with E-state index in [0.29, 0.717) is 18.5 Å². The Morgan fingerprint density at radius 3 is 2.67 bits per heavy atom. The number of nitrogens with one attached hydrogen (secondary N) is 2. The lowest BCUT2D eigenvalue weighted by atomic mass is 9.97. The van der Waals surface area contributed by atoms with Crippen LogP contribution in [0.4, 0.5) is 19.0 Å². The van der Waals surface area contributed by atoms with Crippen molar-refractivity contribution in [3.8, 4) is 0 Å². The second-order valence-electron chi connectivity index (χ2n) is 6.25. The molecule has 0 saturated heterocycles. The number of carbonyl (C=O) groups excluding carboxylic acids is 1. The highest BCUT2D eigenvalue weighted by Gasteiger charge is 2.47. The molecule has 0 saturated carbocycles. The molecule has 1 aromatic heterocycles. The summed E-state index contributed by atoms with van der Waals surface area (Å²) in [6.07, 6.45) is -4.10. The number of nitrogens with zero attached hydrogens (tertiary/aromatic N) is 2. The van der Waals surface area contributed by atoms with Crippen LogP contribution < -0.4 is 10.6 Å². The van der Waals surface area contributed by atoms with Crippen molar-refractivity contribution in [3.05, 3.63) is 45.0 Å². The van der Waals surface area contributed by atoms with E-state index in [2.05, 4.69) is 31.7 Å². The number of fused-ring (bicyclic) bond motifs is 1. The van der Waals surface area contributed by atoms with E-state index in [1.54, 1.807) is 24.3 Å². The normalized spacial score (nSPS) is 19.3. The van der Waals surface area contributed by atoms with Gasteiger partial charge in [0.15, 0.2) is 11.7 Å². The third-order valence-electron chi connectivity index (χ3n) is 4.32. The van der Waals surface area contributed by atoms with Crippen LogP contribution in [0.2, 0.25) is 5.02 Å². The molecule has 0 unspecified atom stereocenters. The third kappa shape index (κ3) is 4.08. The van der Waals surface area contributed by atoms with Crippen LogP contribution in [0.5, 0.6) is 0 Å². The van der Waals surface area contributed by atoms with Crippen molar-refractivity contribution >= 4 is 39.3 Å². The first-order valence-electron chi connectivity index (χ1n) is 8.37. The van der Waals surface area contributed by atoms with Gasteiger partial charge in [0.1, 0.15) is 10.8 Å². The summed E-state index contributed by atoms with van der Waals surface area (Å²) in [7, 11) is 0. The van der Waals surface area contributed by atoms with Gasteiger partial charge in [-0.3, -0.25) is 4.79 Å². The minimum absolute atomic E-state index is 0.000177. The first-order valence-corrected chi connectivity index (χ1v) is 9.54. The van der Waals surface area contributed by atoms with Crippen LogP contribution in [0.15, 0.2) is 28.7 Å². The molecule has 2 aromatic rings. The van der Waals surface area contributed by atoms with Crippen LogP contribution in [0, 0.1) is 0 Å². The molecule has 10 heteroatoms. The lowest BCUT2D eigenvalue weighted by Gasteiger charge is -2.33. The smallest absolute Gasteiger partial charge is 0.362 e. The minimum atomic E-state index is -4.53. The second kappa shape index (κ2) is 7.71. The summed E-state index contributed by atoms with van der Waals surface area (Å²) in [5.41, 5.74) is 0.478. The van der Waals surface area contributed by atoms with E-state index in [4.69, 9.17) is 11.6 Å². The van der Waals surface area contributed by atoms with Gasteiger partial charge < -0.3 is 10.6 Å². The zero-order chi connectivity index (χ0) is 19.8. The molecule has 1 amide bonds. The van der Waals surface area contributed by atoms with Crippen LogP contribution in [0.3, 0.4) is 0 Å². The Bertz CT molecular complexity index is 838. The van der Waals surface area contributed by atoms with E-state index in [1.807, 2.05) is 6.92 Å². The molecule has 1 aromatic carbocycles. The zero-order valence-corrected chi connectivity index (χ0v) is 16.6. The fourth-order valence-electron chi connectivity index (χ4n) is 2.97. The largest absolute Gasteiger partial charge is 0.410 e. The van der Waals surface area contributed by atoms with Crippen molar-refractivity contribution in [1.29, 1.82) is 0 Å². The van der Waals surface area contributed by atoms with Crippen LogP contribution in [0.25, 0.3) is 0 Å². The standard InChI is InChI=1S/C17H17BrClF3N4O/c1-2-7-23-16(27)14-13(19)15-24-11(9-3-5-10(18)6-4-9)8-12(17(20,21)22)26(15)25-14/h3-6,11-12,24H,2,7-8H2,1H3,(H,23,27)/t11-,12+/m1/s1. The summed E-state index contributed by atoms with van der Waals surface area (Å²) >= 11 is 9.54. The third-order valence-corrected chi connectivity index (χ3v) is 5.21. The Hall–Kier alpha value is -1.74. The Morgan fingerprint density at radius 1 is 1.41 bits per heavy atom. The molecule has 1 aliphatic heterocycles. The highest BCUT2D eigenvalue weighted by Crippen LogP contribution is 2.46. The molecule has 1 aliphatic rings. The number of alkyl halides is 3. The number of hydrogen-bond acceptors (Lipinski definition) is 3. The molecule has 3 rings (SSSR count). The Kier molecular flexibility index (Phi) is 5.71. The minimum Gasteiger partial charge on any atom is -0.362 e. The molecule has 0 radical (unpaired) electrons. The summed E-state index contributed by atoms with van der Waals surface area (Å²) < 4.78 is 42.6. The van der Waals surface area contributed by atoms with E-state index < -0.39 is 24.2 Å². The highest BCUT2D eigenvalue weighted by molar-refractivity contribution is 9.10. The number of aromatic nitrogens is 2. The van der Waals surface area contributed by atoms with Crippen molar-refractivity contribution < 1.29 is 18.0 Å². The average molecular weight is 466 g/mol. The lowest BCUT2D eigenvalue weighted by Crippen LogP contribution is -2.36. The maximum Gasteiger partial charge on any atom is 0.410 e. The molecule has 5 nitrogen and oxygen atoms in total. The Labute approximate surface area is 167 Å². The van der Waals surface area contributed by atoms with E-state index in [1.165, 1.54) is 0 Å². The summed E-state index contributed by atoms with van der Waals surface area (Å²) in [6.45, 7) is 2.25. The van der Waals surface area contributed by atoms with Crippen LogP contribution >= 0.6 is 27.5 Å². The summed E-state index contributed by atoms with van der Waals surface area (Å²) in [4.78, 5) is 12.2. The molecule has 146 valence electrons. The lowest BCUT2D eigenvalue weighted by molar-refractivity contribution is -0.173. The molecule has 2 heterocycles. The van der Waals surface area contributed by atoms with E-state index in [-0.39, 0.29) is 23.0 Å². The molecule has 0 spiro atoms. The first-order chi connectivity index (χ1) is 12.7. The molecular formula is C17H17BrClF3N4O. The van der Waals surface area contributed by atoms with Crippen LogP contribution in [-0.4, -0.2) is 28.4 Å². The van der Waals surface area contributed by atoms with Gasteiger partial charge in [0, 0.05) is 17.4 Å². The summed E-state index contributed by atoms with van der Waals surface area (Å²) in [5, 5.41) is 9.36. The average Bonchev–Trinajstić information content (AvgIpc) is 2.95. The van der Waals surface area contributed by atoms with Gasteiger partial charge in [0.25, 0.3) is 5.91 Å². The van der Waals surface area contributed by atoms with Crippen molar-refractivity contribution in [3.63, 3.8) is 0 Å². The van der Waals surface area contributed by atoms with E-state index >= 15 is 0 Å². The molecule has 0 aliphatic carbocycles. The van der Waals surface area contributed by atoms with Gasteiger partial charge in [-0.25, -0.2) is 4.68 Å². The van der Waals surface area contributed by atoms with Crippen LogP contribution in [0.1, 0.15) is 47.9 Å². The van der Waals surface area contributed by atoms with Gasteiger partial charge >= 0.3 is 6.18 Å². The number of carbonyl (C=O) groups is 1. The Morgan fingerprint density at radius 2 is 2.07 bits per heavy atom. The van der Waals surface area contributed by atoms with Crippen molar-refractivity contribution in [2.45, 2.75) is 38.0 Å². The van der Waals surface area contributed by atoms with Gasteiger partial charge in [0.05, 0.1) is 6.04 Å². The summed E-state index contributed by atoms with van der Waals surface area (Å²) in [5.74, 6) is -0.591. The molecule has 2 N–H and O–H groups in total. The maximum atomic E-state index is 13.7. The molecule has 2 atom stereocenters. The second-order valence-corrected chi connectivity index (χ2v) is 7.55. The number of amides is 1. The van der Waals surface area contributed by atoms with Crippen LogP contribution in [-0.2, 0) is 0 Å². The number of rotatable bonds is 4. The maximum absolute atomic E-state index is 13.7. The molecule has 0 fully saturated rings. The monoisotopic (exact) mass is 464 g/mol. The highest BCUT2D eigenvalue weighted by atomic mass is 79.9. The fraction of sp³-hybridized carbons (Fsp3) is 0.412. The predicted octanol–water partition coefficient (Wildman–Crippen LogP) is 5.10. The van der Waals surface area contributed by atoms with Gasteiger partial charge in [-0.05, 0) is 24.1 Å². The number of benzene rings is 1. The fourth-order valence-corrected chi connectivity index (χ4v) is 3.50. The SMILES string of the molecule is CCCNC(=O)c1nn2c(c1Cl)N[C@@H](c1ccc(Br)cc1)C[C@H]2C(F)(F)F.